The van der Waals surface area contributed by atoms with Gasteiger partial charge in [-0.25, -0.2) is 0 Å². The zero-order valence-corrected chi connectivity index (χ0v) is 12.8. The quantitative estimate of drug-likeness (QED) is 0.545. The van der Waals surface area contributed by atoms with Crippen LogP contribution in [0.4, 0.5) is 0 Å². The van der Waals surface area contributed by atoms with Crippen LogP contribution >= 0.6 is 11.8 Å². The Balaban J connectivity index is 1.94. The lowest BCUT2D eigenvalue weighted by Gasteiger charge is -2.14. The van der Waals surface area contributed by atoms with Crippen molar-refractivity contribution in [3.63, 3.8) is 0 Å². The molecule has 0 amide bonds. The summed E-state index contributed by atoms with van der Waals surface area (Å²) in [5.41, 5.74) is -0.164. The van der Waals surface area contributed by atoms with E-state index in [1.807, 2.05) is 31.7 Å². The van der Waals surface area contributed by atoms with Gasteiger partial charge in [0.25, 0.3) is 0 Å². The van der Waals surface area contributed by atoms with Crippen LogP contribution in [0, 0.1) is 16.7 Å². The summed E-state index contributed by atoms with van der Waals surface area (Å²) in [4.78, 5) is 1.33. The normalized spacial score (nSPS) is 11.2. The van der Waals surface area contributed by atoms with E-state index in [9.17, 15) is 0 Å². The minimum atomic E-state index is -0.164. The van der Waals surface area contributed by atoms with Crippen molar-refractivity contribution in [3.05, 3.63) is 30.3 Å². The summed E-state index contributed by atoms with van der Waals surface area (Å²) in [6.45, 7) is 6.12. The van der Waals surface area contributed by atoms with Gasteiger partial charge in [-0.2, -0.15) is 5.26 Å². The largest absolute Gasteiger partial charge is 0.316 e. The third kappa shape index (κ3) is 7.92. The van der Waals surface area contributed by atoms with Gasteiger partial charge in [-0.3, -0.25) is 0 Å². The van der Waals surface area contributed by atoms with Gasteiger partial charge in [0.05, 0.1) is 11.5 Å². The first kappa shape index (κ1) is 16.1. The van der Waals surface area contributed by atoms with E-state index >= 15 is 0 Å². The van der Waals surface area contributed by atoms with Crippen molar-refractivity contribution < 1.29 is 0 Å². The van der Waals surface area contributed by atoms with E-state index in [0.717, 1.165) is 38.1 Å². The molecule has 1 rings (SSSR count). The monoisotopic (exact) mass is 276 g/mol. The summed E-state index contributed by atoms with van der Waals surface area (Å²) < 4.78 is 0. The Morgan fingerprint density at radius 1 is 1.16 bits per heavy atom. The van der Waals surface area contributed by atoms with Crippen molar-refractivity contribution in [2.24, 2.45) is 5.41 Å². The van der Waals surface area contributed by atoms with Crippen LogP contribution < -0.4 is 5.32 Å². The van der Waals surface area contributed by atoms with Crippen LogP contribution in [0.1, 0.15) is 33.1 Å². The fourth-order valence-electron chi connectivity index (χ4n) is 1.76. The maximum atomic E-state index is 8.91. The molecule has 19 heavy (non-hydrogen) atoms. The second-order valence-corrected chi connectivity index (χ2v) is 6.53. The number of benzene rings is 1. The van der Waals surface area contributed by atoms with Crippen LogP contribution in [0.25, 0.3) is 0 Å². The van der Waals surface area contributed by atoms with E-state index in [0.29, 0.717) is 0 Å². The highest BCUT2D eigenvalue weighted by Crippen LogP contribution is 2.21. The smallest absolute Gasteiger partial charge is 0.0683 e. The topological polar surface area (TPSA) is 35.8 Å². The molecule has 3 heteroatoms. The molecule has 1 aromatic rings. The van der Waals surface area contributed by atoms with Gasteiger partial charge in [-0.1, -0.05) is 24.6 Å². The van der Waals surface area contributed by atoms with Gasteiger partial charge in [0.1, 0.15) is 0 Å². The molecule has 0 radical (unpaired) electrons. The Morgan fingerprint density at radius 2 is 1.89 bits per heavy atom. The second-order valence-electron chi connectivity index (χ2n) is 5.36. The van der Waals surface area contributed by atoms with E-state index in [-0.39, 0.29) is 5.41 Å². The zero-order valence-electron chi connectivity index (χ0n) is 12.0. The fourth-order valence-corrected chi connectivity index (χ4v) is 2.59. The van der Waals surface area contributed by atoms with Crippen LogP contribution in [0.5, 0.6) is 0 Å². The number of hydrogen-bond donors (Lipinski definition) is 1. The molecule has 0 aliphatic rings. The van der Waals surface area contributed by atoms with E-state index in [4.69, 9.17) is 5.26 Å². The Morgan fingerprint density at radius 3 is 2.58 bits per heavy atom. The lowest BCUT2D eigenvalue weighted by Crippen LogP contribution is -2.19. The highest BCUT2D eigenvalue weighted by Gasteiger charge is 2.14. The average Bonchev–Trinajstić information content (AvgIpc) is 2.43. The van der Waals surface area contributed by atoms with Crippen LogP contribution in [0.3, 0.4) is 0 Å². The molecular weight excluding hydrogens is 252 g/mol. The molecule has 104 valence electrons. The molecule has 0 saturated heterocycles. The van der Waals surface area contributed by atoms with Crippen molar-refractivity contribution in [1.82, 2.24) is 5.32 Å². The Hall–Kier alpha value is -0.980. The molecule has 0 aliphatic carbocycles. The molecule has 1 N–H and O–H groups in total. The molecule has 2 nitrogen and oxygen atoms in total. The van der Waals surface area contributed by atoms with Gasteiger partial charge in [0.15, 0.2) is 0 Å². The highest BCUT2D eigenvalue weighted by atomic mass is 32.2. The molecule has 0 atom stereocenters. The summed E-state index contributed by atoms with van der Waals surface area (Å²) >= 11 is 1.89. The van der Waals surface area contributed by atoms with Crippen LogP contribution in [-0.2, 0) is 0 Å². The van der Waals surface area contributed by atoms with Gasteiger partial charge < -0.3 is 5.32 Å². The number of rotatable bonds is 9. The molecule has 0 bridgehead atoms. The third-order valence-electron chi connectivity index (χ3n) is 3.00. The summed E-state index contributed by atoms with van der Waals surface area (Å²) in [6.07, 6.45) is 3.27. The molecular formula is C16H24N2S. The summed E-state index contributed by atoms with van der Waals surface area (Å²) in [5.74, 6) is 1.10. The zero-order chi connectivity index (χ0) is 14.0. The summed E-state index contributed by atoms with van der Waals surface area (Å²) in [7, 11) is 0. The lowest BCUT2D eigenvalue weighted by molar-refractivity contribution is 0.423. The number of nitrogens with zero attached hydrogens (tertiary/aromatic N) is 1. The molecule has 1 aromatic carbocycles. The van der Waals surface area contributed by atoms with Gasteiger partial charge in [-0.15, -0.1) is 11.8 Å². The van der Waals surface area contributed by atoms with Crippen molar-refractivity contribution in [1.29, 1.82) is 5.26 Å². The van der Waals surface area contributed by atoms with Gasteiger partial charge in [0.2, 0.25) is 0 Å². The van der Waals surface area contributed by atoms with Crippen LogP contribution in [0.2, 0.25) is 0 Å². The Kier molecular flexibility index (Phi) is 7.62. The minimum Gasteiger partial charge on any atom is -0.316 e. The standard InChI is InChI=1S/C16H24N2S/c1-16(2,14-17)10-6-7-11-18-12-13-19-15-8-4-3-5-9-15/h3-5,8-9,18H,6-7,10-13H2,1-2H3. The lowest BCUT2D eigenvalue weighted by atomic mass is 9.89. The first-order valence-electron chi connectivity index (χ1n) is 6.94. The SMILES string of the molecule is CC(C)(C#N)CCCCNCCSc1ccccc1. The predicted molar refractivity (Wildman–Crippen MR) is 83.3 cm³/mol. The molecule has 0 fully saturated rings. The number of thioether (sulfide) groups is 1. The third-order valence-corrected chi connectivity index (χ3v) is 4.01. The molecule has 0 aliphatic heterocycles. The maximum Gasteiger partial charge on any atom is 0.0683 e. The minimum absolute atomic E-state index is 0.164. The molecule has 0 heterocycles. The van der Waals surface area contributed by atoms with Crippen LogP contribution in [-0.4, -0.2) is 18.8 Å². The molecule has 0 saturated carbocycles. The van der Waals surface area contributed by atoms with E-state index < -0.39 is 0 Å². The second kappa shape index (κ2) is 9.01. The van der Waals surface area contributed by atoms with Gasteiger partial charge in [-0.05, 0) is 45.4 Å². The maximum absolute atomic E-state index is 8.91. The number of hydrogen-bond acceptors (Lipinski definition) is 3. The van der Waals surface area contributed by atoms with Gasteiger partial charge in [0, 0.05) is 17.2 Å². The summed E-state index contributed by atoms with van der Waals surface area (Å²) in [5, 5.41) is 12.4. The first-order chi connectivity index (χ1) is 9.14. The Labute approximate surface area is 121 Å². The fraction of sp³-hybridized carbons (Fsp3) is 0.562. The van der Waals surface area contributed by atoms with Crippen molar-refractivity contribution in [2.75, 3.05) is 18.8 Å². The van der Waals surface area contributed by atoms with E-state index in [2.05, 4.69) is 35.7 Å². The average molecular weight is 276 g/mol. The molecule has 0 unspecified atom stereocenters. The van der Waals surface area contributed by atoms with Gasteiger partial charge >= 0.3 is 0 Å². The summed E-state index contributed by atoms with van der Waals surface area (Å²) in [6, 6.07) is 12.8. The predicted octanol–water partition coefficient (Wildman–Crippen LogP) is 4.09. The van der Waals surface area contributed by atoms with Crippen molar-refractivity contribution in [2.45, 2.75) is 38.0 Å². The number of unbranched alkanes of at least 4 members (excludes halogenated alkanes) is 1. The van der Waals surface area contributed by atoms with E-state index in [1.165, 1.54) is 4.90 Å². The highest BCUT2D eigenvalue weighted by molar-refractivity contribution is 7.99. The van der Waals surface area contributed by atoms with E-state index in [1.54, 1.807) is 0 Å². The Bertz CT molecular complexity index is 381. The number of nitrogens with one attached hydrogen (secondary N) is 1. The molecule has 0 spiro atoms. The van der Waals surface area contributed by atoms with Crippen molar-refractivity contribution in [3.8, 4) is 6.07 Å². The van der Waals surface area contributed by atoms with Crippen molar-refractivity contribution >= 4 is 11.8 Å². The molecule has 0 aromatic heterocycles. The first-order valence-corrected chi connectivity index (χ1v) is 7.92. The van der Waals surface area contributed by atoms with Crippen LogP contribution in [0.15, 0.2) is 35.2 Å². The number of nitriles is 1.